The minimum absolute atomic E-state index is 0.00519. The normalized spacial score (nSPS) is 16.7. The van der Waals surface area contributed by atoms with Gasteiger partial charge in [-0.3, -0.25) is 0 Å². The van der Waals surface area contributed by atoms with E-state index in [-0.39, 0.29) is 57.2 Å². The fraction of sp³-hybridized carbons (Fsp3) is 0. The van der Waals surface area contributed by atoms with Gasteiger partial charge < -0.3 is 4.42 Å². The first-order chi connectivity index (χ1) is 21.4. The Morgan fingerprint density at radius 2 is 1.00 bits per heavy atom. The van der Waals surface area contributed by atoms with Gasteiger partial charge in [-0.15, -0.1) is 0 Å². The maximum Gasteiger partial charge on any atom is 0.135 e. The zero-order chi connectivity index (χ0) is 32.2. The molecular weight excluding hydrogens is 400 g/mol. The van der Waals surface area contributed by atoms with Crippen molar-refractivity contribution in [2.45, 2.75) is 0 Å². The van der Waals surface area contributed by atoms with Crippen LogP contribution in [0.25, 0.3) is 65.7 Å². The first-order valence-electron chi connectivity index (χ1n) is 16.3. The molecule has 0 saturated carbocycles. The standard InChI is InChI=1S/C32H20O/c1-2-10-21(11-3-1)31-24-13-4-6-15-26(24)32(27-16-7-5-14-25(27)31)22-18-19-30-28(20-22)23-12-8-9-17-29(23)33-30/h1-20H/i1D,2D,3D,8D,9D,10D,11D,12D,17D,18D,19D,20D. The maximum absolute atomic E-state index is 9.37. The average Bonchev–Trinajstić information content (AvgIpc) is 3.46. The molecule has 0 radical (unpaired) electrons. The lowest BCUT2D eigenvalue weighted by atomic mass is 9.86. The SMILES string of the molecule is [2H]c1c([2H])c([2H])c(-c2c3ccccc3c(-c3c([2H])c([2H])c4oc5c([2H])c([2H])c([2H])c([2H])c5c4c3[2H])c3ccccc23)c([2H])c1[2H]. The summed E-state index contributed by atoms with van der Waals surface area (Å²) in [5, 5.41) is 1.90. The van der Waals surface area contributed by atoms with Crippen LogP contribution in [0.3, 0.4) is 0 Å². The highest BCUT2D eigenvalue weighted by atomic mass is 16.3. The van der Waals surface area contributed by atoms with E-state index in [1.165, 1.54) is 0 Å². The molecule has 0 aliphatic rings. The molecule has 1 aromatic heterocycles. The summed E-state index contributed by atoms with van der Waals surface area (Å²) in [6.45, 7) is 0. The highest BCUT2D eigenvalue weighted by Crippen LogP contribution is 2.44. The molecule has 0 aliphatic heterocycles. The van der Waals surface area contributed by atoms with Crippen LogP contribution in [0.1, 0.15) is 16.4 Å². The average molecular weight is 433 g/mol. The summed E-state index contributed by atoms with van der Waals surface area (Å²) in [6.07, 6.45) is 0. The zero-order valence-electron chi connectivity index (χ0n) is 29.0. The van der Waals surface area contributed by atoms with E-state index in [1.54, 1.807) is 48.5 Å². The first-order valence-corrected chi connectivity index (χ1v) is 10.3. The third-order valence-corrected chi connectivity index (χ3v) is 5.82. The molecule has 7 rings (SSSR count). The van der Waals surface area contributed by atoms with E-state index >= 15 is 0 Å². The van der Waals surface area contributed by atoms with Crippen LogP contribution in [0.4, 0.5) is 0 Å². The minimum atomic E-state index is -0.517. The number of hydrogen-bond acceptors (Lipinski definition) is 1. The molecule has 0 bridgehead atoms. The van der Waals surface area contributed by atoms with E-state index in [0.717, 1.165) is 0 Å². The van der Waals surface area contributed by atoms with Gasteiger partial charge in [0.25, 0.3) is 0 Å². The molecule has 6 aromatic carbocycles. The second-order valence-electron chi connectivity index (χ2n) is 7.60. The molecule has 0 spiro atoms. The molecule has 0 amide bonds. The number of furan rings is 1. The molecule has 0 N–H and O–H groups in total. The highest BCUT2D eigenvalue weighted by Gasteiger charge is 2.17. The van der Waals surface area contributed by atoms with Gasteiger partial charge in [0.05, 0.1) is 16.4 Å². The Morgan fingerprint density at radius 1 is 0.455 bits per heavy atom. The minimum Gasteiger partial charge on any atom is -0.456 e. The summed E-state index contributed by atoms with van der Waals surface area (Å²) in [5.41, 5.74) is 0.405. The molecule has 1 heterocycles. The Labute approximate surface area is 208 Å². The Kier molecular flexibility index (Phi) is 2.16. The summed E-state index contributed by atoms with van der Waals surface area (Å²) in [6, 6.07) is 8.75. The lowest BCUT2D eigenvalue weighted by molar-refractivity contribution is 0.669. The number of hydrogen-bond donors (Lipinski definition) is 0. The van der Waals surface area contributed by atoms with Crippen LogP contribution in [0.2, 0.25) is 0 Å². The van der Waals surface area contributed by atoms with Crippen LogP contribution in [0, 0.1) is 0 Å². The Bertz CT molecular complexity index is 2380. The topological polar surface area (TPSA) is 13.1 Å². The highest BCUT2D eigenvalue weighted by molar-refractivity contribution is 6.22. The molecule has 0 atom stereocenters. The van der Waals surface area contributed by atoms with Crippen LogP contribution in [0.5, 0.6) is 0 Å². The van der Waals surface area contributed by atoms with Gasteiger partial charge in [0.15, 0.2) is 0 Å². The van der Waals surface area contributed by atoms with Crippen molar-refractivity contribution in [3.63, 3.8) is 0 Å². The molecule has 0 unspecified atom stereocenters. The molecule has 154 valence electrons. The summed E-state index contributed by atoms with van der Waals surface area (Å²) in [5.74, 6) is 0. The predicted molar refractivity (Wildman–Crippen MR) is 140 cm³/mol. The van der Waals surface area contributed by atoms with Gasteiger partial charge in [-0.2, -0.15) is 0 Å². The van der Waals surface area contributed by atoms with Crippen molar-refractivity contribution in [2.24, 2.45) is 0 Å². The molecule has 7 aromatic rings. The van der Waals surface area contributed by atoms with Gasteiger partial charge in [-0.1, -0.05) is 103 Å². The van der Waals surface area contributed by atoms with Gasteiger partial charge in [0.2, 0.25) is 0 Å². The van der Waals surface area contributed by atoms with E-state index in [0.29, 0.717) is 32.7 Å². The van der Waals surface area contributed by atoms with Crippen LogP contribution < -0.4 is 0 Å². The van der Waals surface area contributed by atoms with Gasteiger partial charge in [-0.05, 0) is 61.9 Å². The quantitative estimate of drug-likeness (QED) is 0.248. The zero-order valence-corrected chi connectivity index (χ0v) is 17.0. The first kappa shape index (κ1) is 10.1. The monoisotopic (exact) mass is 432 g/mol. The maximum atomic E-state index is 9.37. The Hall–Kier alpha value is -4.36. The molecule has 1 heteroatoms. The second kappa shape index (κ2) is 7.08. The smallest absolute Gasteiger partial charge is 0.135 e. The molecule has 0 fully saturated rings. The van der Waals surface area contributed by atoms with E-state index < -0.39 is 48.3 Å². The fourth-order valence-electron chi connectivity index (χ4n) is 4.47. The number of para-hydroxylation sites is 1. The number of fused-ring (bicyclic) bond motifs is 5. The molecule has 0 saturated heterocycles. The van der Waals surface area contributed by atoms with Crippen molar-refractivity contribution in [1.29, 1.82) is 0 Å². The largest absolute Gasteiger partial charge is 0.456 e. The van der Waals surface area contributed by atoms with Crippen LogP contribution >= 0.6 is 0 Å². The van der Waals surface area contributed by atoms with Gasteiger partial charge in [-0.25, -0.2) is 0 Å². The lowest BCUT2D eigenvalue weighted by Crippen LogP contribution is -1.90. The van der Waals surface area contributed by atoms with Gasteiger partial charge in [0, 0.05) is 10.8 Å². The number of benzene rings is 6. The Balaban J connectivity index is 1.72. The van der Waals surface area contributed by atoms with Crippen LogP contribution in [0.15, 0.2) is 125 Å². The molecular formula is C32H20O. The molecule has 33 heavy (non-hydrogen) atoms. The van der Waals surface area contributed by atoms with Crippen molar-refractivity contribution < 1.29 is 20.9 Å². The summed E-state index contributed by atoms with van der Waals surface area (Å²) in [4.78, 5) is 0. The summed E-state index contributed by atoms with van der Waals surface area (Å²) < 4.78 is 108. The third kappa shape index (κ3) is 2.73. The predicted octanol–water partition coefficient (Wildman–Crippen LogP) is 9.23. The van der Waals surface area contributed by atoms with Crippen LogP contribution in [-0.4, -0.2) is 0 Å². The lowest BCUT2D eigenvalue weighted by Gasteiger charge is -2.17. The van der Waals surface area contributed by atoms with Crippen molar-refractivity contribution in [3.8, 4) is 22.3 Å². The van der Waals surface area contributed by atoms with Crippen molar-refractivity contribution in [3.05, 3.63) is 121 Å². The van der Waals surface area contributed by atoms with Gasteiger partial charge in [0.1, 0.15) is 11.2 Å². The van der Waals surface area contributed by atoms with E-state index in [2.05, 4.69) is 0 Å². The van der Waals surface area contributed by atoms with Crippen molar-refractivity contribution in [1.82, 2.24) is 0 Å². The third-order valence-electron chi connectivity index (χ3n) is 5.82. The molecule has 0 aliphatic carbocycles. The summed E-state index contributed by atoms with van der Waals surface area (Å²) >= 11 is 0. The van der Waals surface area contributed by atoms with E-state index in [1.807, 2.05) is 0 Å². The van der Waals surface area contributed by atoms with E-state index in [4.69, 9.17) is 19.5 Å². The van der Waals surface area contributed by atoms with Gasteiger partial charge >= 0.3 is 0 Å². The second-order valence-corrected chi connectivity index (χ2v) is 7.60. The van der Waals surface area contributed by atoms with Crippen molar-refractivity contribution in [2.75, 3.05) is 0 Å². The fourth-order valence-corrected chi connectivity index (χ4v) is 4.47. The molecule has 1 nitrogen and oxygen atoms in total. The van der Waals surface area contributed by atoms with Crippen LogP contribution in [-0.2, 0) is 0 Å². The van der Waals surface area contributed by atoms with E-state index in [9.17, 15) is 1.37 Å². The number of rotatable bonds is 2. The van der Waals surface area contributed by atoms with Crippen molar-refractivity contribution >= 4 is 43.5 Å². The Morgan fingerprint density at radius 3 is 1.67 bits per heavy atom. The summed E-state index contributed by atoms with van der Waals surface area (Å²) in [7, 11) is 0.